The zero-order chi connectivity index (χ0) is 21.3. The van der Waals surface area contributed by atoms with E-state index in [1.165, 1.54) is 24.9 Å². The number of aromatic nitrogens is 2. The Morgan fingerprint density at radius 3 is 2.36 bits per heavy atom. The van der Waals surface area contributed by atoms with Crippen molar-refractivity contribution in [2.45, 2.75) is 52.3 Å². The lowest BCUT2D eigenvalue weighted by molar-refractivity contribution is 0.0635. The fraction of sp³-hybridized carbons (Fsp3) is 0.400. The van der Waals surface area contributed by atoms with Gasteiger partial charge in [-0.1, -0.05) is 31.7 Å². The van der Waals surface area contributed by atoms with E-state index in [1.807, 2.05) is 26.2 Å². The number of carbonyl (C=O) groups excluding carboxylic acids is 2. The van der Waals surface area contributed by atoms with Crippen molar-refractivity contribution in [1.29, 1.82) is 0 Å². The molecule has 7 nitrogen and oxygen atoms in total. The molecular formula is C20H28N4O3S. The third kappa shape index (κ3) is 7.56. The van der Waals surface area contributed by atoms with Crippen LogP contribution in [0, 0.1) is 0 Å². The van der Waals surface area contributed by atoms with Gasteiger partial charge in [0, 0.05) is 17.6 Å². The van der Waals surface area contributed by atoms with Gasteiger partial charge in [0.15, 0.2) is 10.9 Å². The molecule has 0 saturated heterocycles. The number of benzene rings is 1. The molecule has 28 heavy (non-hydrogen) atoms. The summed E-state index contributed by atoms with van der Waals surface area (Å²) in [5.74, 6) is 0.287. The number of carbonyl (C=O) groups is 2. The van der Waals surface area contributed by atoms with E-state index in [-0.39, 0.29) is 5.78 Å². The average molecular weight is 405 g/mol. The lowest BCUT2D eigenvalue weighted by Crippen LogP contribution is -2.27. The highest BCUT2D eigenvalue weighted by Gasteiger charge is 2.16. The summed E-state index contributed by atoms with van der Waals surface area (Å²) in [6.07, 6.45) is 2.83. The lowest BCUT2D eigenvalue weighted by Gasteiger charge is -2.19. The first-order valence-electron chi connectivity index (χ1n) is 8.97. The molecule has 152 valence electrons. The summed E-state index contributed by atoms with van der Waals surface area (Å²) in [6.45, 7) is 10.9. The third-order valence-electron chi connectivity index (χ3n) is 3.10. The van der Waals surface area contributed by atoms with E-state index in [0.717, 1.165) is 0 Å². The van der Waals surface area contributed by atoms with Crippen molar-refractivity contribution in [2.75, 3.05) is 16.9 Å². The normalized spacial score (nSPS) is 10.4. The highest BCUT2D eigenvalue weighted by molar-refractivity contribution is 7.98. The summed E-state index contributed by atoms with van der Waals surface area (Å²) >= 11 is 1.38. The number of amides is 1. The second-order valence-corrected chi connectivity index (χ2v) is 7.28. The first kappa shape index (κ1) is 23.4. The van der Waals surface area contributed by atoms with E-state index in [0.29, 0.717) is 27.9 Å². The predicted molar refractivity (Wildman–Crippen MR) is 115 cm³/mol. The summed E-state index contributed by atoms with van der Waals surface area (Å²) in [5.41, 5.74) is 1.05. The first-order chi connectivity index (χ1) is 13.2. The predicted octanol–water partition coefficient (Wildman–Crippen LogP) is 5.52. The smallest absolute Gasteiger partial charge is 0.412 e. The minimum Gasteiger partial charge on any atom is -0.444 e. The van der Waals surface area contributed by atoms with Crippen molar-refractivity contribution in [2.24, 2.45) is 0 Å². The van der Waals surface area contributed by atoms with Crippen molar-refractivity contribution in [3.63, 3.8) is 0 Å². The molecule has 0 spiro atoms. The number of nitrogens with zero attached hydrogens (tertiary/aromatic N) is 2. The molecule has 0 atom stereocenters. The Labute approximate surface area is 170 Å². The first-order valence-corrected chi connectivity index (χ1v) is 10.2. The van der Waals surface area contributed by atoms with E-state index in [4.69, 9.17) is 4.74 Å². The second kappa shape index (κ2) is 10.7. The minimum atomic E-state index is -0.578. The molecule has 0 unspecified atom stereocenters. The molecule has 2 N–H and O–H groups in total. The van der Waals surface area contributed by atoms with Gasteiger partial charge in [-0.15, -0.1) is 0 Å². The molecule has 8 heteroatoms. The maximum absolute atomic E-state index is 11.9. The van der Waals surface area contributed by atoms with Crippen LogP contribution >= 0.6 is 11.8 Å². The van der Waals surface area contributed by atoms with Gasteiger partial charge in [0.2, 0.25) is 0 Å². The van der Waals surface area contributed by atoms with Crippen LogP contribution < -0.4 is 10.6 Å². The van der Waals surface area contributed by atoms with Gasteiger partial charge < -0.3 is 10.1 Å². The van der Waals surface area contributed by atoms with Gasteiger partial charge in [0.1, 0.15) is 11.4 Å². The fourth-order valence-corrected chi connectivity index (χ4v) is 2.39. The molecule has 1 amide bonds. The average Bonchev–Trinajstić information content (AvgIpc) is 2.61. The molecule has 0 saturated carbocycles. The topological polar surface area (TPSA) is 93.2 Å². The van der Waals surface area contributed by atoms with Gasteiger partial charge in [0.25, 0.3) is 0 Å². The van der Waals surface area contributed by atoms with Gasteiger partial charge in [-0.2, -0.15) is 0 Å². The summed E-state index contributed by atoms with van der Waals surface area (Å²) in [7, 11) is 0. The third-order valence-corrected chi connectivity index (χ3v) is 3.66. The van der Waals surface area contributed by atoms with Crippen LogP contribution in [0.2, 0.25) is 0 Å². The monoisotopic (exact) mass is 404 g/mol. The molecule has 0 aliphatic rings. The van der Waals surface area contributed by atoms with Crippen LogP contribution in [0.25, 0.3) is 0 Å². The van der Waals surface area contributed by atoms with E-state index in [1.54, 1.807) is 39.0 Å². The van der Waals surface area contributed by atoms with E-state index >= 15 is 0 Å². The number of anilines is 3. The number of Topliss-reactive ketones (excluding diaryl/α,β-unsaturated/α-hetero) is 1. The highest BCUT2D eigenvalue weighted by atomic mass is 32.2. The van der Waals surface area contributed by atoms with Crippen molar-refractivity contribution in [3.8, 4) is 0 Å². The Morgan fingerprint density at radius 2 is 1.79 bits per heavy atom. The quantitative estimate of drug-likeness (QED) is 0.385. The van der Waals surface area contributed by atoms with E-state index in [9.17, 15) is 9.59 Å². The Bertz CT molecular complexity index is 819. The van der Waals surface area contributed by atoms with Gasteiger partial charge in [0.05, 0.1) is 5.56 Å². The molecule has 2 rings (SSSR count). The maximum atomic E-state index is 11.9. The molecule has 1 heterocycles. The van der Waals surface area contributed by atoms with Crippen molar-refractivity contribution >= 4 is 40.8 Å². The number of rotatable bonds is 5. The number of hydrogen-bond donors (Lipinski definition) is 2. The second-order valence-electron chi connectivity index (χ2n) is 6.51. The van der Waals surface area contributed by atoms with Crippen molar-refractivity contribution in [1.82, 2.24) is 9.97 Å². The largest absolute Gasteiger partial charge is 0.444 e. The molecular weight excluding hydrogens is 376 g/mol. The van der Waals surface area contributed by atoms with Crippen LogP contribution in [-0.2, 0) is 4.74 Å². The van der Waals surface area contributed by atoms with Gasteiger partial charge in [-0.3, -0.25) is 10.1 Å². The van der Waals surface area contributed by atoms with Gasteiger partial charge >= 0.3 is 6.09 Å². The summed E-state index contributed by atoms with van der Waals surface area (Å²) < 4.78 is 5.24. The molecule has 0 fully saturated rings. The van der Waals surface area contributed by atoms with E-state index < -0.39 is 11.7 Å². The highest BCUT2D eigenvalue weighted by Crippen LogP contribution is 2.24. The van der Waals surface area contributed by atoms with Crippen LogP contribution in [0.15, 0.2) is 35.6 Å². The van der Waals surface area contributed by atoms with Crippen LogP contribution in [0.1, 0.15) is 51.9 Å². The number of ketones is 1. The number of ether oxygens (including phenoxy) is 1. The lowest BCUT2D eigenvalue weighted by atomic mass is 10.2. The minimum absolute atomic E-state index is 0.136. The van der Waals surface area contributed by atoms with Gasteiger partial charge in [-0.25, -0.2) is 14.8 Å². The van der Waals surface area contributed by atoms with E-state index in [2.05, 4.69) is 20.6 Å². The Hall–Kier alpha value is -2.61. The fourth-order valence-electron chi connectivity index (χ4n) is 2.05. The van der Waals surface area contributed by atoms with Crippen molar-refractivity contribution < 1.29 is 14.3 Å². The van der Waals surface area contributed by atoms with Gasteiger partial charge in [-0.05, 0) is 52.1 Å². The molecule has 0 bridgehead atoms. The van der Waals surface area contributed by atoms with Crippen LogP contribution in [-0.4, -0.2) is 33.7 Å². The van der Waals surface area contributed by atoms with Crippen molar-refractivity contribution in [3.05, 3.63) is 36.0 Å². The Balaban J connectivity index is 0.00000190. The molecule has 2 aromatic rings. The Kier molecular flexibility index (Phi) is 8.91. The summed E-state index contributed by atoms with van der Waals surface area (Å²) in [6, 6.07) is 7.06. The molecule has 1 aromatic heterocycles. The molecule has 0 aliphatic carbocycles. The number of thioether (sulfide) groups is 1. The van der Waals surface area contributed by atoms with Crippen LogP contribution in [0.5, 0.6) is 0 Å². The summed E-state index contributed by atoms with van der Waals surface area (Å²) in [5, 5.41) is 6.35. The molecule has 0 radical (unpaired) electrons. The Morgan fingerprint density at radius 1 is 1.14 bits per heavy atom. The summed E-state index contributed by atoms with van der Waals surface area (Å²) in [4.78, 5) is 32.2. The maximum Gasteiger partial charge on any atom is 0.412 e. The zero-order valence-electron chi connectivity index (χ0n) is 17.4. The van der Waals surface area contributed by atoms with Crippen LogP contribution in [0.4, 0.5) is 22.0 Å². The van der Waals surface area contributed by atoms with Crippen LogP contribution in [0.3, 0.4) is 0 Å². The molecule has 0 aliphatic heterocycles. The number of nitrogens with one attached hydrogen (secondary N) is 2. The zero-order valence-corrected chi connectivity index (χ0v) is 18.2. The standard InChI is InChI=1S/C18H22N4O3S.C2H6/c1-11(23)14-10-19-16(26-5)22-15(14)20-12-7-6-8-13(9-12)21-17(24)25-18(2,3)4;1-2/h6-10H,1-5H3,(H,21,24)(H,19,20,22);1-2H3. The number of hydrogen-bond acceptors (Lipinski definition) is 7. The SMILES string of the molecule is CC.CSc1ncc(C(C)=O)c(Nc2cccc(NC(=O)OC(C)(C)C)c2)n1. The molecule has 1 aromatic carbocycles.